The van der Waals surface area contributed by atoms with Gasteiger partial charge in [0.1, 0.15) is 0 Å². The molecular formula is C21H25N3O3. The highest BCUT2D eigenvalue weighted by atomic mass is 16.6. The smallest absolute Gasteiger partial charge is 0.269 e. The van der Waals surface area contributed by atoms with E-state index in [0.717, 1.165) is 24.1 Å². The fraction of sp³-hybridized carbons (Fsp3) is 0.381. The molecule has 0 bridgehead atoms. The molecule has 0 fully saturated rings. The van der Waals surface area contributed by atoms with Gasteiger partial charge in [-0.2, -0.15) is 0 Å². The Morgan fingerprint density at radius 1 is 1.30 bits per heavy atom. The lowest BCUT2D eigenvalue weighted by molar-refractivity contribution is -0.384. The minimum Gasteiger partial charge on any atom is -0.308 e. The summed E-state index contributed by atoms with van der Waals surface area (Å²) in [5, 5.41) is 11.0. The zero-order chi connectivity index (χ0) is 19.6. The number of hydrogen-bond donors (Lipinski definition) is 0. The number of rotatable bonds is 5. The molecule has 0 N–H and O–H groups in total. The van der Waals surface area contributed by atoms with Crippen molar-refractivity contribution in [3.8, 4) is 0 Å². The molecule has 1 amide bonds. The summed E-state index contributed by atoms with van der Waals surface area (Å²) in [4.78, 5) is 27.5. The molecule has 0 aromatic heterocycles. The number of hydrogen-bond acceptors (Lipinski definition) is 4. The second kappa shape index (κ2) is 7.88. The van der Waals surface area contributed by atoms with E-state index < -0.39 is 4.92 Å². The summed E-state index contributed by atoms with van der Waals surface area (Å²) in [5.74, 6) is 0.0504. The van der Waals surface area contributed by atoms with Crippen molar-refractivity contribution in [3.05, 3.63) is 69.8 Å². The SMILES string of the molecule is CC(c1cccc([N+](=O)[O-])c1)N(C)CC(=O)N1c2ccccc2CCC1C. The molecule has 1 aliphatic rings. The maximum atomic E-state index is 13.1. The molecule has 6 heteroatoms. The summed E-state index contributed by atoms with van der Waals surface area (Å²) in [6.07, 6.45) is 1.94. The zero-order valence-corrected chi connectivity index (χ0v) is 16.0. The Hall–Kier alpha value is -2.73. The second-order valence-corrected chi connectivity index (χ2v) is 7.22. The monoisotopic (exact) mass is 367 g/mol. The first kappa shape index (κ1) is 19.0. The molecule has 0 spiro atoms. The van der Waals surface area contributed by atoms with Crippen LogP contribution in [0.2, 0.25) is 0 Å². The van der Waals surface area contributed by atoms with E-state index in [1.807, 2.05) is 48.0 Å². The Labute approximate surface area is 159 Å². The molecule has 0 aliphatic carbocycles. The third-order valence-corrected chi connectivity index (χ3v) is 5.40. The molecular weight excluding hydrogens is 342 g/mol. The van der Waals surface area contributed by atoms with Gasteiger partial charge in [0.15, 0.2) is 0 Å². The summed E-state index contributed by atoms with van der Waals surface area (Å²) in [5.41, 5.74) is 3.10. The van der Waals surface area contributed by atoms with E-state index in [-0.39, 0.29) is 30.2 Å². The molecule has 2 aromatic rings. The first-order valence-electron chi connectivity index (χ1n) is 9.23. The molecule has 6 nitrogen and oxygen atoms in total. The number of nitro groups is 1. The molecule has 0 saturated heterocycles. The van der Waals surface area contributed by atoms with E-state index in [1.54, 1.807) is 12.1 Å². The number of likely N-dealkylation sites (N-methyl/N-ethyl adjacent to an activating group) is 1. The predicted octanol–water partition coefficient (Wildman–Crippen LogP) is 3.96. The molecule has 2 unspecified atom stereocenters. The standard InChI is InChI=1S/C21H25N3O3/c1-15-11-12-17-7-4-5-10-20(17)23(15)21(25)14-22(3)16(2)18-8-6-9-19(13-18)24(26)27/h4-10,13,15-16H,11-12,14H2,1-3H3. The molecule has 0 saturated carbocycles. The third-order valence-electron chi connectivity index (χ3n) is 5.40. The van der Waals surface area contributed by atoms with Crippen LogP contribution in [0.3, 0.4) is 0 Å². The highest BCUT2D eigenvalue weighted by molar-refractivity contribution is 5.96. The first-order valence-corrected chi connectivity index (χ1v) is 9.23. The molecule has 0 radical (unpaired) electrons. The van der Waals surface area contributed by atoms with Gasteiger partial charge in [-0.05, 0) is 50.9 Å². The maximum Gasteiger partial charge on any atom is 0.269 e. The van der Waals surface area contributed by atoms with E-state index in [4.69, 9.17) is 0 Å². The van der Waals surface area contributed by atoms with Gasteiger partial charge in [-0.15, -0.1) is 0 Å². The number of non-ortho nitro benzene ring substituents is 1. The number of para-hydroxylation sites is 1. The molecule has 27 heavy (non-hydrogen) atoms. The van der Waals surface area contributed by atoms with Gasteiger partial charge < -0.3 is 4.90 Å². The fourth-order valence-corrected chi connectivity index (χ4v) is 3.65. The van der Waals surface area contributed by atoms with Gasteiger partial charge in [0.25, 0.3) is 5.69 Å². The minimum absolute atomic E-state index is 0.0504. The lowest BCUT2D eigenvalue weighted by atomic mass is 9.96. The molecule has 3 rings (SSSR count). The Bertz CT molecular complexity index is 852. The summed E-state index contributed by atoms with van der Waals surface area (Å²) in [7, 11) is 1.88. The van der Waals surface area contributed by atoms with Crippen LogP contribution in [0.25, 0.3) is 0 Å². The van der Waals surface area contributed by atoms with Gasteiger partial charge in [-0.25, -0.2) is 0 Å². The predicted molar refractivity (Wildman–Crippen MR) is 106 cm³/mol. The molecule has 1 aliphatic heterocycles. The van der Waals surface area contributed by atoms with Crippen LogP contribution >= 0.6 is 0 Å². The number of fused-ring (bicyclic) bond motifs is 1. The Morgan fingerprint density at radius 2 is 2.04 bits per heavy atom. The number of nitro benzene ring substituents is 1. The molecule has 2 atom stereocenters. The van der Waals surface area contributed by atoms with Crippen molar-refractivity contribution in [1.29, 1.82) is 0 Å². The van der Waals surface area contributed by atoms with Gasteiger partial charge in [0.05, 0.1) is 11.5 Å². The molecule has 142 valence electrons. The van der Waals surface area contributed by atoms with Crippen molar-refractivity contribution < 1.29 is 9.72 Å². The Balaban J connectivity index is 1.76. The van der Waals surface area contributed by atoms with Gasteiger partial charge >= 0.3 is 0 Å². The second-order valence-electron chi connectivity index (χ2n) is 7.22. The Kier molecular flexibility index (Phi) is 5.56. The van der Waals surface area contributed by atoms with Crippen molar-refractivity contribution in [2.24, 2.45) is 0 Å². The lowest BCUT2D eigenvalue weighted by Gasteiger charge is -2.37. The average molecular weight is 367 g/mol. The zero-order valence-electron chi connectivity index (χ0n) is 16.0. The van der Waals surface area contributed by atoms with Crippen LogP contribution in [0.4, 0.5) is 11.4 Å². The van der Waals surface area contributed by atoms with Gasteiger partial charge in [0, 0.05) is 29.9 Å². The minimum atomic E-state index is -0.395. The highest BCUT2D eigenvalue weighted by Crippen LogP contribution is 2.31. The lowest BCUT2D eigenvalue weighted by Crippen LogP contribution is -2.46. The van der Waals surface area contributed by atoms with Crippen molar-refractivity contribution in [2.45, 2.75) is 38.8 Å². The van der Waals surface area contributed by atoms with Gasteiger partial charge in [0.2, 0.25) is 5.91 Å². The van der Waals surface area contributed by atoms with Crippen molar-refractivity contribution in [3.63, 3.8) is 0 Å². The largest absolute Gasteiger partial charge is 0.308 e. The molecule has 2 aromatic carbocycles. The number of carbonyl (C=O) groups excluding carboxylic acids is 1. The van der Waals surface area contributed by atoms with E-state index in [1.165, 1.54) is 11.6 Å². The van der Waals surface area contributed by atoms with Crippen LogP contribution in [-0.4, -0.2) is 35.4 Å². The highest BCUT2D eigenvalue weighted by Gasteiger charge is 2.29. The van der Waals surface area contributed by atoms with Crippen molar-refractivity contribution >= 4 is 17.3 Å². The summed E-state index contributed by atoms with van der Waals surface area (Å²) in [6.45, 7) is 4.29. The number of benzene rings is 2. The summed E-state index contributed by atoms with van der Waals surface area (Å²) >= 11 is 0. The van der Waals surface area contributed by atoms with E-state index >= 15 is 0 Å². The maximum absolute atomic E-state index is 13.1. The van der Waals surface area contributed by atoms with Crippen LogP contribution in [-0.2, 0) is 11.2 Å². The number of amides is 1. The topological polar surface area (TPSA) is 66.7 Å². The number of aryl methyl sites for hydroxylation is 1. The number of carbonyl (C=O) groups is 1. The molecule has 1 heterocycles. The third kappa shape index (κ3) is 4.01. The normalized spacial score (nSPS) is 17.5. The van der Waals surface area contributed by atoms with Crippen LogP contribution in [0.1, 0.15) is 37.4 Å². The van der Waals surface area contributed by atoms with E-state index in [2.05, 4.69) is 13.0 Å². The fourth-order valence-electron chi connectivity index (χ4n) is 3.65. The number of anilines is 1. The van der Waals surface area contributed by atoms with Crippen LogP contribution < -0.4 is 4.90 Å². The quantitative estimate of drug-likeness (QED) is 0.593. The van der Waals surface area contributed by atoms with Crippen LogP contribution in [0, 0.1) is 10.1 Å². The van der Waals surface area contributed by atoms with Crippen LogP contribution in [0.15, 0.2) is 48.5 Å². The van der Waals surface area contributed by atoms with E-state index in [0.29, 0.717) is 0 Å². The van der Waals surface area contributed by atoms with E-state index in [9.17, 15) is 14.9 Å². The first-order chi connectivity index (χ1) is 12.9. The van der Waals surface area contributed by atoms with Crippen molar-refractivity contribution in [2.75, 3.05) is 18.5 Å². The van der Waals surface area contributed by atoms with Gasteiger partial charge in [-0.1, -0.05) is 30.3 Å². The van der Waals surface area contributed by atoms with Crippen LogP contribution in [0.5, 0.6) is 0 Å². The summed E-state index contributed by atoms with van der Waals surface area (Å²) < 4.78 is 0. The van der Waals surface area contributed by atoms with Crippen molar-refractivity contribution in [1.82, 2.24) is 4.90 Å². The summed E-state index contributed by atoms with van der Waals surface area (Å²) in [6, 6.07) is 14.7. The number of nitrogens with zero attached hydrogens (tertiary/aromatic N) is 3. The van der Waals surface area contributed by atoms with Gasteiger partial charge in [-0.3, -0.25) is 19.8 Å². The average Bonchev–Trinajstić information content (AvgIpc) is 2.67. The Morgan fingerprint density at radius 3 is 2.78 bits per heavy atom.